The van der Waals surface area contributed by atoms with Crippen molar-refractivity contribution in [2.75, 3.05) is 5.88 Å². The number of alkyl halides is 3. The molecule has 1 saturated carbocycles. The van der Waals surface area contributed by atoms with Crippen molar-refractivity contribution < 1.29 is 18.0 Å². The van der Waals surface area contributed by atoms with E-state index in [0.717, 1.165) is 25.1 Å². The molecule has 1 aliphatic heterocycles. The number of aldehydes is 1. The van der Waals surface area contributed by atoms with E-state index in [9.17, 15) is 9.18 Å². The molecule has 2 heterocycles. The lowest BCUT2D eigenvalue weighted by atomic mass is 9.82. The molecule has 0 saturated heterocycles. The number of nitrogens with zero attached hydrogens (tertiary/aromatic N) is 3. The summed E-state index contributed by atoms with van der Waals surface area (Å²) < 4.78 is 43.9. The fourth-order valence-corrected chi connectivity index (χ4v) is 3.38. The highest BCUT2D eigenvalue weighted by molar-refractivity contribution is 6.19. The van der Waals surface area contributed by atoms with Gasteiger partial charge in [-0.1, -0.05) is 12.8 Å². The SMILES string of the molecule is O=CC(CCl)(CC1CC1)C(F)(F)N1N=CCC1c1cncc(F)c1. The molecule has 1 fully saturated rings. The zero-order valence-corrected chi connectivity index (χ0v) is 13.6. The van der Waals surface area contributed by atoms with E-state index in [4.69, 9.17) is 11.6 Å². The fraction of sp³-hybridized carbons (Fsp3) is 0.562. The number of hydrogen-bond donors (Lipinski definition) is 0. The summed E-state index contributed by atoms with van der Waals surface area (Å²) in [5.41, 5.74) is -1.73. The maximum Gasteiger partial charge on any atom is 0.353 e. The van der Waals surface area contributed by atoms with Crippen LogP contribution in [0.4, 0.5) is 13.2 Å². The van der Waals surface area contributed by atoms with Crippen LogP contribution < -0.4 is 0 Å². The minimum atomic E-state index is -3.58. The van der Waals surface area contributed by atoms with Gasteiger partial charge in [0.1, 0.15) is 17.5 Å². The summed E-state index contributed by atoms with van der Waals surface area (Å²) in [4.78, 5) is 15.3. The van der Waals surface area contributed by atoms with Crippen LogP contribution in [0.25, 0.3) is 0 Å². The third-order valence-electron chi connectivity index (χ3n) is 4.64. The van der Waals surface area contributed by atoms with Crippen LogP contribution in [0.1, 0.15) is 37.3 Å². The molecular weight excluding hydrogens is 343 g/mol. The van der Waals surface area contributed by atoms with E-state index < -0.39 is 29.2 Å². The molecule has 130 valence electrons. The lowest BCUT2D eigenvalue weighted by Crippen LogP contribution is -2.54. The van der Waals surface area contributed by atoms with Gasteiger partial charge in [-0.15, -0.1) is 11.6 Å². The molecule has 3 rings (SSSR count). The van der Waals surface area contributed by atoms with Gasteiger partial charge in [-0.3, -0.25) is 4.98 Å². The van der Waals surface area contributed by atoms with Crippen LogP contribution >= 0.6 is 11.6 Å². The van der Waals surface area contributed by atoms with Crippen LogP contribution in [0, 0.1) is 17.2 Å². The zero-order chi connectivity index (χ0) is 17.4. The van der Waals surface area contributed by atoms with Crippen molar-refractivity contribution in [3.05, 3.63) is 29.8 Å². The van der Waals surface area contributed by atoms with E-state index in [1.807, 2.05) is 0 Å². The predicted molar refractivity (Wildman–Crippen MR) is 83.4 cm³/mol. The second-order valence-electron chi connectivity index (χ2n) is 6.43. The molecule has 1 aliphatic carbocycles. The molecule has 0 aromatic carbocycles. The van der Waals surface area contributed by atoms with Crippen LogP contribution in [0.15, 0.2) is 23.6 Å². The Bertz CT molecular complexity index is 653. The number of hydrogen-bond acceptors (Lipinski definition) is 4. The Labute approximate surface area is 142 Å². The number of carbonyl (C=O) groups excluding carboxylic acids is 1. The van der Waals surface area contributed by atoms with E-state index in [0.29, 0.717) is 5.01 Å². The van der Waals surface area contributed by atoms with Crippen molar-refractivity contribution in [3.8, 4) is 0 Å². The van der Waals surface area contributed by atoms with Crippen molar-refractivity contribution in [1.29, 1.82) is 0 Å². The van der Waals surface area contributed by atoms with Crippen LogP contribution in [0.5, 0.6) is 0 Å². The van der Waals surface area contributed by atoms with Gasteiger partial charge in [-0.05, 0) is 24.0 Å². The molecule has 0 radical (unpaired) electrons. The first-order valence-corrected chi connectivity index (χ1v) is 8.29. The van der Waals surface area contributed by atoms with Gasteiger partial charge in [0.25, 0.3) is 0 Å². The Hall–Kier alpha value is -1.63. The summed E-state index contributed by atoms with van der Waals surface area (Å²) in [6.07, 6.45) is 5.77. The quantitative estimate of drug-likeness (QED) is 0.423. The molecule has 1 aromatic heterocycles. The number of pyridine rings is 1. The van der Waals surface area contributed by atoms with Gasteiger partial charge in [0.05, 0.1) is 12.2 Å². The van der Waals surface area contributed by atoms with Crippen LogP contribution in [0.3, 0.4) is 0 Å². The first-order chi connectivity index (χ1) is 11.4. The van der Waals surface area contributed by atoms with Crippen molar-refractivity contribution in [1.82, 2.24) is 9.99 Å². The fourth-order valence-electron chi connectivity index (χ4n) is 3.04. The summed E-state index contributed by atoms with van der Waals surface area (Å²) in [5, 5.41) is 4.36. The number of hydrazone groups is 1. The number of rotatable bonds is 7. The van der Waals surface area contributed by atoms with E-state index in [1.54, 1.807) is 0 Å². The van der Waals surface area contributed by atoms with Gasteiger partial charge in [0.2, 0.25) is 0 Å². The van der Waals surface area contributed by atoms with Gasteiger partial charge >= 0.3 is 6.05 Å². The lowest BCUT2D eigenvalue weighted by Gasteiger charge is -2.41. The van der Waals surface area contributed by atoms with E-state index in [-0.39, 0.29) is 30.6 Å². The van der Waals surface area contributed by atoms with Crippen LogP contribution in [0.2, 0.25) is 0 Å². The second-order valence-corrected chi connectivity index (χ2v) is 6.69. The Kier molecular flexibility index (Phi) is 4.55. The molecular formula is C16H17ClF3N3O. The zero-order valence-electron chi connectivity index (χ0n) is 12.8. The maximum absolute atomic E-state index is 15.3. The molecule has 2 unspecified atom stereocenters. The smallest absolute Gasteiger partial charge is 0.302 e. The van der Waals surface area contributed by atoms with Crippen molar-refractivity contribution in [2.45, 2.75) is 37.8 Å². The summed E-state index contributed by atoms with van der Waals surface area (Å²) in [7, 11) is 0. The Morgan fingerprint density at radius 2 is 2.12 bits per heavy atom. The molecule has 24 heavy (non-hydrogen) atoms. The maximum atomic E-state index is 15.3. The molecule has 0 bridgehead atoms. The Morgan fingerprint density at radius 3 is 2.71 bits per heavy atom. The first-order valence-electron chi connectivity index (χ1n) is 7.76. The molecule has 4 nitrogen and oxygen atoms in total. The van der Waals surface area contributed by atoms with Crippen LogP contribution in [-0.4, -0.2) is 34.4 Å². The highest BCUT2D eigenvalue weighted by atomic mass is 35.5. The van der Waals surface area contributed by atoms with Gasteiger partial charge in [-0.25, -0.2) is 9.40 Å². The van der Waals surface area contributed by atoms with E-state index in [2.05, 4.69) is 10.1 Å². The third-order valence-corrected chi connectivity index (χ3v) is 5.12. The lowest BCUT2D eigenvalue weighted by molar-refractivity contribution is -0.228. The highest BCUT2D eigenvalue weighted by Gasteiger charge is 2.61. The monoisotopic (exact) mass is 359 g/mol. The molecule has 2 aliphatic rings. The summed E-state index contributed by atoms with van der Waals surface area (Å²) >= 11 is 5.82. The summed E-state index contributed by atoms with van der Waals surface area (Å²) in [6, 6.07) is -3.31. The second kappa shape index (κ2) is 6.35. The van der Waals surface area contributed by atoms with E-state index in [1.165, 1.54) is 12.4 Å². The van der Waals surface area contributed by atoms with Gasteiger partial charge < -0.3 is 4.79 Å². The molecule has 0 amide bonds. The average Bonchev–Trinajstić information content (AvgIpc) is 3.23. The van der Waals surface area contributed by atoms with Crippen molar-refractivity contribution in [3.63, 3.8) is 0 Å². The normalized spacial score (nSPS) is 23.3. The largest absolute Gasteiger partial charge is 0.353 e. The molecule has 1 aromatic rings. The molecule has 0 N–H and O–H groups in total. The Balaban J connectivity index is 1.93. The first kappa shape index (κ1) is 17.2. The highest BCUT2D eigenvalue weighted by Crippen LogP contribution is 2.52. The Morgan fingerprint density at radius 1 is 1.38 bits per heavy atom. The topological polar surface area (TPSA) is 45.6 Å². The molecule has 0 spiro atoms. The van der Waals surface area contributed by atoms with Gasteiger partial charge in [-0.2, -0.15) is 13.9 Å². The van der Waals surface area contributed by atoms with Gasteiger partial charge in [0, 0.05) is 24.7 Å². The van der Waals surface area contributed by atoms with Gasteiger partial charge in [0.15, 0.2) is 0 Å². The van der Waals surface area contributed by atoms with Crippen LogP contribution in [-0.2, 0) is 4.79 Å². The molecule has 8 heteroatoms. The minimum Gasteiger partial charge on any atom is -0.302 e. The minimum absolute atomic E-state index is 0.0210. The van der Waals surface area contributed by atoms with Crippen molar-refractivity contribution >= 4 is 24.1 Å². The number of aromatic nitrogens is 1. The number of halogens is 4. The predicted octanol–water partition coefficient (Wildman–Crippen LogP) is 3.77. The molecule has 2 atom stereocenters. The standard InChI is InChI=1S/C16H17ClF3N3O/c17-9-15(10-24,6-11-1-2-11)16(19,20)23-14(3-4-22-23)12-5-13(18)8-21-7-12/h4-5,7-8,10-11,14H,1-3,6,9H2. The summed E-state index contributed by atoms with van der Waals surface area (Å²) in [6.45, 7) is 0. The third kappa shape index (κ3) is 2.90. The average molecular weight is 360 g/mol. The summed E-state index contributed by atoms with van der Waals surface area (Å²) in [5.74, 6) is -1.03. The number of carbonyl (C=O) groups is 1. The van der Waals surface area contributed by atoms with Crippen molar-refractivity contribution in [2.24, 2.45) is 16.4 Å². The van der Waals surface area contributed by atoms with E-state index >= 15 is 8.78 Å².